The number of carbonyl (C=O) groups is 2. The molecule has 42 heavy (non-hydrogen) atoms. The summed E-state index contributed by atoms with van der Waals surface area (Å²) < 4.78 is 37.9. The van der Waals surface area contributed by atoms with Gasteiger partial charge in [-0.3, -0.25) is 9.69 Å². The molecule has 1 aliphatic carbocycles. The Labute approximate surface area is 241 Å². The van der Waals surface area contributed by atoms with Gasteiger partial charge in [0.1, 0.15) is 23.3 Å². The molecule has 2 saturated heterocycles. The molecule has 1 saturated carbocycles. The molecule has 1 aromatic heterocycles. The zero-order chi connectivity index (χ0) is 29.9. The number of carboxylic acid groups (broad SMARTS) is 1. The van der Waals surface area contributed by atoms with Crippen LogP contribution in [0.4, 0.5) is 30.6 Å². The number of amides is 1. The van der Waals surface area contributed by atoms with Crippen molar-refractivity contribution in [3.8, 4) is 0 Å². The molecule has 3 aliphatic rings. The number of cyclic esters (lactones) is 1. The summed E-state index contributed by atoms with van der Waals surface area (Å²) in [5, 5.41) is 9.53. The van der Waals surface area contributed by atoms with E-state index in [9.17, 15) is 19.5 Å². The third-order valence-corrected chi connectivity index (χ3v) is 8.19. The zero-order valence-corrected chi connectivity index (χ0v) is 23.9. The average molecular weight is 581 g/mol. The Bertz CT molecular complexity index is 1640. The summed E-state index contributed by atoms with van der Waals surface area (Å²) in [7, 11) is 0. The van der Waals surface area contributed by atoms with Crippen molar-refractivity contribution in [3.05, 3.63) is 63.9 Å². The van der Waals surface area contributed by atoms with E-state index in [2.05, 4.69) is 20.8 Å². The van der Waals surface area contributed by atoms with Gasteiger partial charge in [-0.05, 0) is 55.0 Å². The SMILES string of the molecule is CC(C)(C)C[C@H]1CN(c2ccc(N3CCN(c4cc5c(cc4F)c(=O)c(C(=O)O)cn5C4CC4)CC3)c(F)c2)C(=O)O1. The van der Waals surface area contributed by atoms with Crippen molar-refractivity contribution in [2.45, 2.75) is 52.2 Å². The van der Waals surface area contributed by atoms with Crippen LogP contribution in [0, 0.1) is 17.0 Å². The fourth-order valence-corrected chi connectivity index (χ4v) is 6.04. The Morgan fingerprint density at radius 3 is 2.21 bits per heavy atom. The van der Waals surface area contributed by atoms with Crippen molar-refractivity contribution < 1.29 is 28.2 Å². The number of ether oxygens (including phenoxy) is 1. The Balaban J connectivity index is 1.19. The van der Waals surface area contributed by atoms with Crippen LogP contribution in [-0.2, 0) is 4.74 Å². The standard InChI is InChI=1S/C31H34F2N4O5/c1-31(2,3)15-20-16-37(30(41)42-20)19-6-7-25(23(32)12-19)34-8-10-35(11-9-34)27-14-26-21(13-24(27)33)28(38)22(29(39)40)17-36(26)18-4-5-18/h6-7,12-14,17-18,20H,4-5,8-11,15-16H2,1-3H3,(H,39,40)/t20-/m0/s1. The molecule has 9 nitrogen and oxygen atoms in total. The van der Waals surface area contributed by atoms with Gasteiger partial charge in [-0.2, -0.15) is 0 Å². The number of aromatic carboxylic acids is 1. The highest BCUT2D eigenvalue weighted by Crippen LogP contribution is 2.38. The molecule has 11 heteroatoms. The lowest BCUT2D eigenvalue weighted by Crippen LogP contribution is -2.47. The molecule has 3 aromatic rings. The fourth-order valence-electron chi connectivity index (χ4n) is 6.04. The van der Waals surface area contributed by atoms with Crippen LogP contribution in [0.25, 0.3) is 10.9 Å². The summed E-state index contributed by atoms with van der Waals surface area (Å²) in [5.41, 5.74) is 0.618. The number of benzene rings is 2. The van der Waals surface area contributed by atoms with Crippen molar-refractivity contribution >= 4 is 40.0 Å². The maximum absolute atomic E-state index is 15.3. The first-order chi connectivity index (χ1) is 19.9. The molecule has 0 radical (unpaired) electrons. The Morgan fingerprint density at radius 1 is 0.976 bits per heavy atom. The predicted octanol–water partition coefficient (Wildman–Crippen LogP) is 5.40. The van der Waals surface area contributed by atoms with E-state index in [-0.39, 0.29) is 28.5 Å². The Kier molecular flexibility index (Phi) is 6.86. The highest BCUT2D eigenvalue weighted by atomic mass is 19.1. The van der Waals surface area contributed by atoms with Crippen LogP contribution in [0.1, 0.15) is 56.4 Å². The normalized spacial score (nSPS) is 19.5. The number of anilines is 3. The highest BCUT2D eigenvalue weighted by Gasteiger charge is 2.35. The third kappa shape index (κ3) is 5.28. The fraction of sp³-hybridized carbons (Fsp3) is 0.452. The summed E-state index contributed by atoms with van der Waals surface area (Å²) in [6, 6.07) is 7.58. The summed E-state index contributed by atoms with van der Waals surface area (Å²) in [6.45, 7) is 8.30. The van der Waals surface area contributed by atoms with Gasteiger partial charge in [0.2, 0.25) is 5.43 Å². The monoisotopic (exact) mass is 580 g/mol. The lowest BCUT2D eigenvalue weighted by Gasteiger charge is -2.37. The van der Waals surface area contributed by atoms with Gasteiger partial charge >= 0.3 is 12.1 Å². The van der Waals surface area contributed by atoms with Gasteiger partial charge < -0.3 is 24.2 Å². The van der Waals surface area contributed by atoms with Crippen molar-refractivity contribution in [2.75, 3.05) is 47.4 Å². The lowest BCUT2D eigenvalue weighted by atomic mass is 9.89. The first kappa shape index (κ1) is 28.0. The summed E-state index contributed by atoms with van der Waals surface area (Å²) in [5.74, 6) is -2.38. The van der Waals surface area contributed by atoms with Crippen LogP contribution in [0.2, 0.25) is 0 Å². The van der Waals surface area contributed by atoms with Crippen LogP contribution in [0.15, 0.2) is 41.3 Å². The Hall–Kier alpha value is -4.15. The second-order valence-electron chi connectivity index (χ2n) is 12.6. The van der Waals surface area contributed by atoms with E-state index >= 15 is 8.78 Å². The van der Waals surface area contributed by atoms with Gasteiger partial charge in [-0.15, -0.1) is 0 Å². The van der Waals surface area contributed by atoms with Crippen LogP contribution >= 0.6 is 0 Å². The van der Waals surface area contributed by atoms with Crippen molar-refractivity contribution in [2.24, 2.45) is 5.41 Å². The molecule has 2 aromatic carbocycles. The molecule has 1 N–H and O–H groups in total. The molecule has 2 aliphatic heterocycles. The highest BCUT2D eigenvalue weighted by molar-refractivity contribution is 5.94. The van der Waals surface area contributed by atoms with Crippen molar-refractivity contribution in [1.29, 1.82) is 0 Å². The first-order valence-corrected chi connectivity index (χ1v) is 14.3. The molecule has 1 amide bonds. The number of carboxylic acids is 1. The van der Waals surface area contributed by atoms with Crippen LogP contribution in [0.5, 0.6) is 0 Å². The summed E-state index contributed by atoms with van der Waals surface area (Å²) >= 11 is 0. The molecule has 3 heterocycles. The number of aromatic nitrogens is 1. The smallest absolute Gasteiger partial charge is 0.414 e. The quantitative estimate of drug-likeness (QED) is 0.417. The van der Waals surface area contributed by atoms with Gasteiger partial charge in [0.05, 0.1) is 29.1 Å². The van der Waals surface area contributed by atoms with Gasteiger partial charge in [0.15, 0.2) is 0 Å². The number of fused-ring (bicyclic) bond motifs is 1. The summed E-state index contributed by atoms with van der Waals surface area (Å²) in [6.07, 6.45) is 3.08. The molecule has 0 bridgehead atoms. The summed E-state index contributed by atoms with van der Waals surface area (Å²) in [4.78, 5) is 42.1. The van der Waals surface area contributed by atoms with Crippen molar-refractivity contribution in [1.82, 2.24) is 4.57 Å². The maximum atomic E-state index is 15.3. The molecule has 222 valence electrons. The second-order valence-corrected chi connectivity index (χ2v) is 12.6. The van der Waals surface area contributed by atoms with Gasteiger partial charge in [0.25, 0.3) is 0 Å². The molecular formula is C31H34F2N4O5. The number of piperazine rings is 1. The molecule has 1 atom stereocenters. The van der Waals surface area contributed by atoms with Gasteiger partial charge in [-0.25, -0.2) is 18.4 Å². The van der Waals surface area contributed by atoms with E-state index in [0.29, 0.717) is 61.7 Å². The van der Waals surface area contributed by atoms with E-state index in [1.54, 1.807) is 22.8 Å². The van der Waals surface area contributed by atoms with E-state index in [4.69, 9.17) is 4.74 Å². The molecular weight excluding hydrogens is 546 g/mol. The number of halogens is 2. The number of carbonyl (C=O) groups excluding carboxylic acids is 1. The van der Waals surface area contributed by atoms with E-state index in [0.717, 1.165) is 18.9 Å². The number of hydrogen-bond donors (Lipinski definition) is 1. The first-order valence-electron chi connectivity index (χ1n) is 14.3. The Morgan fingerprint density at radius 2 is 1.62 bits per heavy atom. The van der Waals surface area contributed by atoms with E-state index in [1.165, 1.54) is 17.2 Å². The van der Waals surface area contributed by atoms with Crippen LogP contribution in [-0.4, -0.2) is 60.6 Å². The maximum Gasteiger partial charge on any atom is 0.414 e. The number of nitrogens with zero attached hydrogens (tertiary/aromatic N) is 4. The zero-order valence-electron chi connectivity index (χ0n) is 23.9. The minimum Gasteiger partial charge on any atom is -0.477 e. The van der Waals surface area contributed by atoms with Crippen LogP contribution in [0.3, 0.4) is 0 Å². The average Bonchev–Trinajstić information content (AvgIpc) is 3.70. The largest absolute Gasteiger partial charge is 0.477 e. The molecule has 0 spiro atoms. The number of rotatable bonds is 6. The minimum absolute atomic E-state index is 0.00478. The predicted molar refractivity (Wildman–Crippen MR) is 156 cm³/mol. The number of hydrogen-bond acceptors (Lipinski definition) is 6. The second kappa shape index (κ2) is 10.3. The topological polar surface area (TPSA) is 95.3 Å². The van der Waals surface area contributed by atoms with Crippen molar-refractivity contribution in [3.63, 3.8) is 0 Å². The molecule has 6 rings (SSSR count). The molecule has 3 fully saturated rings. The minimum atomic E-state index is -1.33. The lowest BCUT2D eigenvalue weighted by molar-refractivity contribution is 0.0694. The third-order valence-electron chi connectivity index (χ3n) is 8.19. The van der Waals surface area contributed by atoms with E-state index in [1.807, 2.05) is 9.80 Å². The molecule has 0 unspecified atom stereocenters. The number of pyridine rings is 1. The van der Waals surface area contributed by atoms with Crippen LogP contribution < -0.4 is 20.1 Å². The van der Waals surface area contributed by atoms with Gasteiger partial charge in [-0.1, -0.05) is 20.8 Å². The van der Waals surface area contributed by atoms with E-state index < -0.39 is 29.1 Å². The van der Waals surface area contributed by atoms with Gasteiger partial charge in [0, 0.05) is 43.8 Å².